The third-order valence-electron chi connectivity index (χ3n) is 4.51. The molecule has 1 aliphatic heterocycles. The highest BCUT2D eigenvalue weighted by atomic mass is 35.5. The van der Waals surface area contributed by atoms with Crippen molar-refractivity contribution in [2.45, 2.75) is 19.3 Å². The zero-order valence-electron chi connectivity index (χ0n) is 12.8. The number of anilines is 1. The van der Waals surface area contributed by atoms with Crippen molar-refractivity contribution in [3.05, 3.63) is 76.3 Å². The summed E-state index contributed by atoms with van der Waals surface area (Å²) in [6, 6.07) is 18.4. The van der Waals surface area contributed by atoms with Gasteiger partial charge in [-0.15, -0.1) is 0 Å². The Bertz CT molecular complexity index is 932. The first-order valence-corrected chi connectivity index (χ1v) is 8.09. The Balaban J connectivity index is 1.99. The van der Waals surface area contributed by atoms with Crippen molar-refractivity contribution in [1.29, 1.82) is 0 Å². The number of hydrogen-bond acceptors (Lipinski definition) is 1. The Kier molecular flexibility index (Phi) is 3.35. The molecule has 1 heterocycles. The van der Waals surface area contributed by atoms with E-state index in [1.165, 1.54) is 10.8 Å². The summed E-state index contributed by atoms with van der Waals surface area (Å²) in [7, 11) is 0. The number of benzene rings is 3. The molecule has 3 aromatic carbocycles. The fraction of sp³-hybridized carbons (Fsp3) is 0.150. The Hall–Kier alpha value is -2.32. The first-order chi connectivity index (χ1) is 11.1. The second-order valence-electron chi connectivity index (χ2n) is 6.08. The standard InChI is InChI=1S/C20H16ClNO/c1-12-6-8-15(17(21)10-12)16-11-19(23)22-18-9-7-13-4-2-3-5-14(13)20(16)18/h2-10,16H,11H2,1H3,(H,22,23). The summed E-state index contributed by atoms with van der Waals surface area (Å²) in [4.78, 5) is 12.2. The van der Waals surface area contributed by atoms with Gasteiger partial charge >= 0.3 is 0 Å². The molecule has 3 heteroatoms. The van der Waals surface area contributed by atoms with Crippen LogP contribution in [-0.4, -0.2) is 5.91 Å². The SMILES string of the molecule is Cc1ccc(C2CC(=O)Nc3ccc4ccccc4c32)c(Cl)c1. The Morgan fingerprint density at radius 3 is 2.74 bits per heavy atom. The summed E-state index contributed by atoms with van der Waals surface area (Å²) in [5.41, 5.74) is 4.19. The van der Waals surface area contributed by atoms with Gasteiger partial charge in [-0.25, -0.2) is 0 Å². The molecule has 0 bridgehead atoms. The molecule has 0 fully saturated rings. The zero-order chi connectivity index (χ0) is 16.0. The van der Waals surface area contributed by atoms with E-state index < -0.39 is 0 Å². The smallest absolute Gasteiger partial charge is 0.225 e. The molecule has 1 N–H and O–H groups in total. The summed E-state index contributed by atoms with van der Waals surface area (Å²) in [5, 5.41) is 6.08. The van der Waals surface area contributed by atoms with Crippen molar-refractivity contribution in [2.75, 3.05) is 5.32 Å². The van der Waals surface area contributed by atoms with Crippen LogP contribution in [0.5, 0.6) is 0 Å². The summed E-state index contributed by atoms with van der Waals surface area (Å²) in [5.74, 6) is 0.0207. The lowest BCUT2D eigenvalue weighted by atomic mass is 9.82. The summed E-state index contributed by atoms with van der Waals surface area (Å²) in [6.07, 6.45) is 0.420. The van der Waals surface area contributed by atoms with Crippen LogP contribution in [0.15, 0.2) is 54.6 Å². The second kappa shape index (κ2) is 5.39. The van der Waals surface area contributed by atoms with Crippen LogP contribution in [-0.2, 0) is 4.79 Å². The van der Waals surface area contributed by atoms with E-state index in [0.717, 1.165) is 27.4 Å². The van der Waals surface area contributed by atoms with E-state index in [1.54, 1.807) is 0 Å². The van der Waals surface area contributed by atoms with Crippen LogP contribution in [0.2, 0.25) is 5.02 Å². The first kappa shape index (κ1) is 14.3. The third-order valence-corrected chi connectivity index (χ3v) is 4.84. The first-order valence-electron chi connectivity index (χ1n) is 7.71. The van der Waals surface area contributed by atoms with Crippen LogP contribution in [0, 0.1) is 6.92 Å². The van der Waals surface area contributed by atoms with E-state index in [0.29, 0.717) is 6.42 Å². The number of carbonyl (C=O) groups excluding carboxylic acids is 1. The molecule has 2 nitrogen and oxygen atoms in total. The van der Waals surface area contributed by atoms with E-state index >= 15 is 0 Å². The van der Waals surface area contributed by atoms with Gasteiger partial charge in [-0.2, -0.15) is 0 Å². The number of carbonyl (C=O) groups is 1. The van der Waals surface area contributed by atoms with Gasteiger partial charge in [0.25, 0.3) is 0 Å². The van der Waals surface area contributed by atoms with Crippen LogP contribution in [0.3, 0.4) is 0 Å². The fourth-order valence-corrected chi connectivity index (χ4v) is 3.82. The maximum Gasteiger partial charge on any atom is 0.225 e. The Morgan fingerprint density at radius 2 is 1.91 bits per heavy atom. The predicted molar refractivity (Wildman–Crippen MR) is 95.2 cm³/mol. The quantitative estimate of drug-likeness (QED) is 0.649. The maximum absolute atomic E-state index is 12.2. The zero-order valence-corrected chi connectivity index (χ0v) is 13.5. The van der Waals surface area contributed by atoms with Gasteiger partial charge in [-0.1, -0.05) is 54.1 Å². The second-order valence-corrected chi connectivity index (χ2v) is 6.48. The van der Waals surface area contributed by atoms with Crippen molar-refractivity contribution in [3.8, 4) is 0 Å². The largest absolute Gasteiger partial charge is 0.326 e. The molecule has 0 saturated carbocycles. The maximum atomic E-state index is 12.2. The van der Waals surface area contributed by atoms with Gasteiger partial charge in [0.15, 0.2) is 0 Å². The molecule has 1 aliphatic rings. The molecule has 1 unspecified atom stereocenters. The van der Waals surface area contributed by atoms with Crippen LogP contribution in [0.4, 0.5) is 5.69 Å². The van der Waals surface area contributed by atoms with Gasteiger partial charge in [-0.3, -0.25) is 4.79 Å². The molecule has 23 heavy (non-hydrogen) atoms. The van der Waals surface area contributed by atoms with Crippen LogP contribution in [0.25, 0.3) is 10.8 Å². The summed E-state index contributed by atoms with van der Waals surface area (Å²) < 4.78 is 0. The minimum absolute atomic E-state index is 0.0158. The van der Waals surface area contributed by atoms with Gasteiger partial charge in [0.2, 0.25) is 5.91 Å². The average Bonchev–Trinajstić information content (AvgIpc) is 2.53. The molecule has 0 saturated heterocycles. The molecule has 0 radical (unpaired) electrons. The molecular formula is C20H16ClNO. The van der Waals surface area contributed by atoms with Gasteiger partial charge in [0, 0.05) is 23.0 Å². The van der Waals surface area contributed by atoms with Crippen molar-refractivity contribution in [3.63, 3.8) is 0 Å². The number of amides is 1. The van der Waals surface area contributed by atoms with E-state index in [-0.39, 0.29) is 11.8 Å². The van der Waals surface area contributed by atoms with Crippen molar-refractivity contribution in [2.24, 2.45) is 0 Å². The highest BCUT2D eigenvalue weighted by Gasteiger charge is 2.29. The number of rotatable bonds is 1. The van der Waals surface area contributed by atoms with Crippen molar-refractivity contribution < 1.29 is 4.79 Å². The number of hydrogen-bond donors (Lipinski definition) is 1. The molecule has 114 valence electrons. The molecule has 1 atom stereocenters. The minimum Gasteiger partial charge on any atom is -0.326 e. The lowest BCUT2D eigenvalue weighted by Gasteiger charge is -2.28. The fourth-order valence-electron chi connectivity index (χ4n) is 3.45. The molecular weight excluding hydrogens is 306 g/mol. The summed E-state index contributed by atoms with van der Waals surface area (Å²) >= 11 is 6.50. The van der Waals surface area contributed by atoms with E-state index in [4.69, 9.17) is 11.6 Å². The number of fused-ring (bicyclic) bond motifs is 3. The van der Waals surface area contributed by atoms with Gasteiger partial charge in [0.1, 0.15) is 0 Å². The predicted octanol–water partition coefficient (Wildman–Crippen LogP) is 5.28. The lowest BCUT2D eigenvalue weighted by Crippen LogP contribution is -2.24. The Morgan fingerprint density at radius 1 is 1.09 bits per heavy atom. The minimum atomic E-state index is -0.0158. The van der Waals surface area contributed by atoms with Crippen LogP contribution in [0.1, 0.15) is 29.0 Å². The lowest BCUT2D eigenvalue weighted by molar-refractivity contribution is -0.116. The molecule has 4 rings (SSSR count). The highest BCUT2D eigenvalue weighted by Crippen LogP contribution is 2.43. The molecule has 0 aromatic heterocycles. The topological polar surface area (TPSA) is 29.1 Å². The van der Waals surface area contributed by atoms with E-state index in [2.05, 4.69) is 23.5 Å². The van der Waals surface area contributed by atoms with Gasteiger partial charge in [0.05, 0.1) is 0 Å². The molecule has 1 amide bonds. The normalized spacial score (nSPS) is 17.0. The van der Waals surface area contributed by atoms with Crippen molar-refractivity contribution >= 4 is 34.0 Å². The van der Waals surface area contributed by atoms with Crippen LogP contribution >= 0.6 is 11.6 Å². The number of aryl methyl sites for hydroxylation is 1. The molecule has 3 aromatic rings. The van der Waals surface area contributed by atoms with Crippen LogP contribution < -0.4 is 5.32 Å². The van der Waals surface area contributed by atoms with E-state index in [1.807, 2.05) is 43.3 Å². The number of halogens is 1. The van der Waals surface area contributed by atoms with Crippen molar-refractivity contribution in [1.82, 2.24) is 0 Å². The van der Waals surface area contributed by atoms with E-state index in [9.17, 15) is 4.79 Å². The van der Waals surface area contributed by atoms with Gasteiger partial charge in [-0.05, 0) is 46.5 Å². The number of nitrogens with one attached hydrogen (secondary N) is 1. The van der Waals surface area contributed by atoms with Gasteiger partial charge < -0.3 is 5.32 Å². The third kappa shape index (κ3) is 2.40. The summed E-state index contributed by atoms with van der Waals surface area (Å²) in [6.45, 7) is 2.02. The molecule has 0 spiro atoms. The molecule has 0 aliphatic carbocycles. The Labute approximate surface area is 140 Å². The highest BCUT2D eigenvalue weighted by molar-refractivity contribution is 6.31. The average molecular weight is 322 g/mol. The monoisotopic (exact) mass is 321 g/mol.